The molecule has 1 heterocycles. The summed E-state index contributed by atoms with van der Waals surface area (Å²) in [5, 5.41) is 14.0. The van der Waals surface area contributed by atoms with Gasteiger partial charge < -0.3 is 10.4 Å². The van der Waals surface area contributed by atoms with Crippen molar-refractivity contribution in [1.82, 2.24) is 5.32 Å². The minimum Gasteiger partial charge on any atom is -0.384 e. The Bertz CT molecular complexity index is 321. The lowest BCUT2D eigenvalue weighted by molar-refractivity contribution is -0.175. The monoisotopic (exact) mass is 189 g/mol. The van der Waals surface area contributed by atoms with Gasteiger partial charge >= 0.3 is 0 Å². The third-order valence-electron chi connectivity index (χ3n) is 3.83. The lowest BCUT2D eigenvalue weighted by Crippen LogP contribution is -2.63. The second kappa shape index (κ2) is 2.81. The number of hydrogen-bond donors (Lipinski definition) is 2. The zero-order chi connectivity index (χ0) is 9.60. The molecule has 2 heteroatoms. The molecule has 1 aliphatic carbocycles. The van der Waals surface area contributed by atoms with Crippen LogP contribution >= 0.6 is 0 Å². The number of nitrogens with one attached hydrogen (secondary N) is 1. The number of hydrogen-bond acceptors (Lipinski definition) is 2. The van der Waals surface area contributed by atoms with Gasteiger partial charge in [-0.05, 0) is 12.0 Å². The highest BCUT2D eigenvalue weighted by Gasteiger charge is 2.56. The predicted molar refractivity (Wildman–Crippen MR) is 54.8 cm³/mol. The average Bonchev–Trinajstić information content (AvgIpc) is 2.30. The molecule has 3 rings (SSSR count). The molecule has 1 aromatic rings. The molecule has 1 aromatic carbocycles. The van der Waals surface area contributed by atoms with E-state index in [4.69, 9.17) is 0 Å². The maximum atomic E-state index is 10.6. The lowest BCUT2D eigenvalue weighted by atomic mass is 9.56. The summed E-state index contributed by atoms with van der Waals surface area (Å²) in [5.74, 6) is 0.840. The van der Waals surface area contributed by atoms with Crippen LogP contribution in [0.15, 0.2) is 30.3 Å². The van der Waals surface area contributed by atoms with Crippen LogP contribution in [0.1, 0.15) is 12.0 Å². The summed E-state index contributed by atoms with van der Waals surface area (Å²) >= 11 is 0. The van der Waals surface area contributed by atoms with Crippen molar-refractivity contribution in [2.75, 3.05) is 13.1 Å². The Morgan fingerprint density at radius 3 is 2.36 bits per heavy atom. The molecular formula is C12H15NO. The molecule has 0 spiro atoms. The van der Waals surface area contributed by atoms with Crippen molar-refractivity contribution in [3.05, 3.63) is 35.9 Å². The molecule has 3 atom stereocenters. The molecule has 1 saturated carbocycles. The highest BCUT2D eigenvalue weighted by Crippen LogP contribution is 2.52. The van der Waals surface area contributed by atoms with E-state index >= 15 is 0 Å². The zero-order valence-electron chi connectivity index (χ0n) is 8.11. The van der Waals surface area contributed by atoms with Crippen LogP contribution in [0.4, 0.5) is 0 Å². The number of aliphatic hydroxyl groups is 1. The number of piperidine rings is 2. The smallest absolute Gasteiger partial charge is 0.0977 e. The zero-order valence-corrected chi connectivity index (χ0v) is 8.11. The van der Waals surface area contributed by atoms with Crippen LogP contribution in [0.2, 0.25) is 0 Å². The molecule has 0 aromatic heterocycles. The lowest BCUT2D eigenvalue weighted by Gasteiger charge is -2.56. The average molecular weight is 189 g/mol. The maximum Gasteiger partial charge on any atom is 0.0977 e. The van der Waals surface area contributed by atoms with Crippen molar-refractivity contribution < 1.29 is 5.11 Å². The molecule has 1 saturated heterocycles. The van der Waals surface area contributed by atoms with Crippen LogP contribution in [0.3, 0.4) is 0 Å². The standard InChI is InChI=1S/C12H15NO/c14-12(9-4-2-1-3-5-9)10-6-11(12)8-13-7-10/h1-5,10-11,13-14H,6-8H2/t10-,11+,12?. The topological polar surface area (TPSA) is 32.3 Å². The molecule has 2 aliphatic rings. The van der Waals surface area contributed by atoms with Gasteiger partial charge in [0.25, 0.3) is 0 Å². The van der Waals surface area contributed by atoms with Gasteiger partial charge in [-0.2, -0.15) is 0 Å². The second-order valence-corrected chi connectivity index (χ2v) is 4.48. The van der Waals surface area contributed by atoms with Crippen molar-refractivity contribution in [2.45, 2.75) is 12.0 Å². The van der Waals surface area contributed by atoms with E-state index in [1.165, 1.54) is 6.42 Å². The molecule has 0 radical (unpaired) electrons. The minimum absolute atomic E-state index is 0.420. The van der Waals surface area contributed by atoms with Gasteiger partial charge in [-0.15, -0.1) is 0 Å². The fourth-order valence-electron chi connectivity index (χ4n) is 2.96. The van der Waals surface area contributed by atoms with Gasteiger partial charge in [0.15, 0.2) is 0 Å². The van der Waals surface area contributed by atoms with Crippen LogP contribution < -0.4 is 5.32 Å². The normalized spacial score (nSPS) is 40.4. The summed E-state index contributed by atoms with van der Waals surface area (Å²) in [7, 11) is 0. The van der Waals surface area contributed by atoms with E-state index in [-0.39, 0.29) is 0 Å². The SMILES string of the molecule is OC1(c2ccccc2)[C@@H]2CNC[C@H]1C2. The molecule has 2 fully saturated rings. The van der Waals surface area contributed by atoms with Gasteiger partial charge in [0.2, 0.25) is 0 Å². The van der Waals surface area contributed by atoms with Crippen LogP contribution in [-0.4, -0.2) is 18.2 Å². The molecule has 1 aliphatic heterocycles. The molecule has 14 heavy (non-hydrogen) atoms. The Labute approximate surface area is 84.0 Å². The van der Waals surface area contributed by atoms with E-state index < -0.39 is 5.60 Å². The second-order valence-electron chi connectivity index (χ2n) is 4.48. The Kier molecular flexibility index (Phi) is 1.70. The van der Waals surface area contributed by atoms with Crippen molar-refractivity contribution >= 4 is 0 Å². The van der Waals surface area contributed by atoms with Gasteiger partial charge in [0.1, 0.15) is 0 Å². The van der Waals surface area contributed by atoms with Gasteiger partial charge in [-0.25, -0.2) is 0 Å². The van der Waals surface area contributed by atoms with Crippen LogP contribution in [-0.2, 0) is 5.60 Å². The van der Waals surface area contributed by atoms with Crippen LogP contribution in [0.5, 0.6) is 0 Å². The largest absolute Gasteiger partial charge is 0.384 e. The third-order valence-corrected chi connectivity index (χ3v) is 3.83. The first-order valence-corrected chi connectivity index (χ1v) is 5.30. The Morgan fingerprint density at radius 1 is 1.14 bits per heavy atom. The Morgan fingerprint density at radius 2 is 1.79 bits per heavy atom. The fraction of sp³-hybridized carbons (Fsp3) is 0.500. The van der Waals surface area contributed by atoms with Crippen molar-refractivity contribution in [3.63, 3.8) is 0 Å². The first kappa shape index (κ1) is 8.45. The number of fused-ring (bicyclic) bond motifs is 2. The Hall–Kier alpha value is -0.860. The summed E-state index contributed by atoms with van der Waals surface area (Å²) in [6.45, 7) is 1.92. The van der Waals surface area contributed by atoms with Gasteiger partial charge in [-0.3, -0.25) is 0 Å². The third kappa shape index (κ3) is 0.928. The predicted octanol–water partition coefficient (Wildman–Crippen LogP) is 1.11. The molecule has 74 valence electrons. The van der Waals surface area contributed by atoms with Crippen LogP contribution in [0, 0.1) is 11.8 Å². The number of benzene rings is 1. The molecular weight excluding hydrogens is 174 g/mol. The summed E-state index contributed by atoms with van der Waals surface area (Å²) in [5.41, 5.74) is 0.565. The van der Waals surface area contributed by atoms with Crippen LogP contribution in [0.25, 0.3) is 0 Å². The van der Waals surface area contributed by atoms with Crippen molar-refractivity contribution in [1.29, 1.82) is 0 Å². The Balaban J connectivity index is 1.98. The summed E-state index contributed by atoms with van der Waals surface area (Å²) < 4.78 is 0. The summed E-state index contributed by atoms with van der Waals surface area (Å²) in [6, 6.07) is 10.1. The van der Waals surface area contributed by atoms with E-state index in [1.807, 2.05) is 30.3 Å². The first-order chi connectivity index (χ1) is 6.82. The molecule has 0 amide bonds. The first-order valence-electron chi connectivity index (χ1n) is 5.30. The molecule has 2 bridgehead atoms. The van der Waals surface area contributed by atoms with Gasteiger partial charge in [0.05, 0.1) is 5.60 Å². The van der Waals surface area contributed by atoms with E-state index in [2.05, 4.69) is 5.32 Å². The highest BCUT2D eigenvalue weighted by atomic mass is 16.3. The van der Waals surface area contributed by atoms with Crippen molar-refractivity contribution in [3.8, 4) is 0 Å². The van der Waals surface area contributed by atoms with E-state index in [9.17, 15) is 5.11 Å². The highest BCUT2D eigenvalue weighted by molar-refractivity contribution is 5.29. The molecule has 2 nitrogen and oxygen atoms in total. The van der Waals surface area contributed by atoms with E-state index in [0.29, 0.717) is 11.8 Å². The summed E-state index contributed by atoms with van der Waals surface area (Å²) in [4.78, 5) is 0. The van der Waals surface area contributed by atoms with Gasteiger partial charge in [0, 0.05) is 24.9 Å². The maximum absolute atomic E-state index is 10.6. The molecule has 1 unspecified atom stereocenters. The van der Waals surface area contributed by atoms with E-state index in [0.717, 1.165) is 18.7 Å². The van der Waals surface area contributed by atoms with Crippen molar-refractivity contribution in [2.24, 2.45) is 11.8 Å². The number of rotatable bonds is 1. The fourth-order valence-corrected chi connectivity index (χ4v) is 2.96. The van der Waals surface area contributed by atoms with E-state index in [1.54, 1.807) is 0 Å². The molecule has 2 N–H and O–H groups in total. The minimum atomic E-state index is -0.535. The quantitative estimate of drug-likeness (QED) is 0.693. The summed E-state index contributed by atoms with van der Waals surface area (Å²) in [6.07, 6.45) is 1.18. The van der Waals surface area contributed by atoms with Gasteiger partial charge in [-0.1, -0.05) is 30.3 Å².